The van der Waals surface area contributed by atoms with Crippen LogP contribution in [0.2, 0.25) is 0 Å². The molecule has 9 heteroatoms. The van der Waals surface area contributed by atoms with E-state index in [0.29, 0.717) is 17.3 Å². The summed E-state index contributed by atoms with van der Waals surface area (Å²) < 4.78 is 11.1. The van der Waals surface area contributed by atoms with Gasteiger partial charge in [-0.3, -0.25) is 10.1 Å². The Morgan fingerprint density at radius 1 is 1.19 bits per heavy atom. The van der Waals surface area contributed by atoms with Gasteiger partial charge in [0.05, 0.1) is 11.0 Å². The molecule has 0 saturated heterocycles. The van der Waals surface area contributed by atoms with Crippen LogP contribution in [-0.4, -0.2) is 39.4 Å². The highest BCUT2D eigenvalue weighted by molar-refractivity contribution is 5.56. The van der Waals surface area contributed by atoms with Gasteiger partial charge in [0.1, 0.15) is 18.5 Å². The van der Waals surface area contributed by atoms with Gasteiger partial charge in [-0.15, -0.1) is 0 Å². The molecule has 0 saturated carbocycles. The smallest absolute Gasteiger partial charge is 0.269 e. The molecule has 3 rings (SSSR count). The number of ether oxygens (including phenoxy) is 1. The third kappa shape index (κ3) is 5.87. The van der Waals surface area contributed by atoms with Crippen LogP contribution in [0.3, 0.4) is 0 Å². The summed E-state index contributed by atoms with van der Waals surface area (Å²) in [6, 6.07) is 13.3. The normalized spacial score (nSPS) is 13.2. The Labute approximate surface area is 180 Å². The van der Waals surface area contributed by atoms with E-state index in [4.69, 9.17) is 9.26 Å². The first-order chi connectivity index (χ1) is 14.8. The Morgan fingerprint density at radius 3 is 2.55 bits per heavy atom. The molecule has 2 atom stereocenters. The number of aryl methyl sites for hydroxylation is 1. The molecule has 0 amide bonds. The lowest BCUT2D eigenvalue weighted by Crippen LogP contribution is -2.36. The van der Waals surface area contributed by atoms with E-state index in [-0.39, 0.29) is 30.8 Å². The zero-order chi connectivity index (χ0) is 22.4. The summed E-state index contributed by atoms with van der Waals surface area (Å²) >= 11 is 0. The molecule has 0 spiro atoms. The second kappa shape index (κ2) is 10.1. The number of nitrogens with one attached hydrogen (secondary N) is 1. The predicted molar refractivity (Wildman–Crippen MR) is 115 cm³/mol. The molecule has 1 aromatic heterocycles. The highest BCUT2D eigenvalue weighted by Gasteiger charge is 2.24. The monoisotopic (exact) mass is 426 g/mol. The van der Waals surface area contributed by atoms with Crippen LogP contribution in [-0.2, 0) is 0 Å². The summed E-state index contributed by atoms with van der Waals surface area (Å²) in [6.07, 6.45) is -0.724. The first-order valence-corrected chi connectivity index (χ1v) is 10.0. The third-order valence-electron chi connectivity index (χ3n) is 4.81. The molecule has 0 fully saturated rings. The molecule has 0 bridgehead atoms. The molecule has 0 aliphatic rings. The van der Waals surface area contributed by atoms with Crippen molar-refractivity contribution < 1.29 is 19.3 Å². The van der Waals surface area contributed by atoms with Gasteiger partial charge in [0.2, 0.25) is 11.7 Å². The molecule has 3 aromatic rings. The number of hydrogen-bond acceptors (Lipinski definition) is 8. The number of nitro benzene ring substituents is 1. The van der Waals surface area contributed by atoms with Gasteiger partial charge in [0.15, 0.2) is 0 Å². The predicted octanol–water partition coefficient (Wildman–Crippen LogP) is 3.68. The average molecular weight is 426 g/mol. The summed E-state index contributed by atoms with van der Waals surface area (Å²) in [5.74, 6) is 1.59. The van der Waals surface area contributed by atoms with Crippen molar-refractivity contribution in [1.82, 2.24) is 15.5 Å². The fraction of sp³-hybridized carbons (Fsp3) is 0.364. The van der Waals surface area contributed by atoms with Crippen molar-refractivity contribution in [2.75, 3.05) is 13.2 Å². The number of non-ortho nitro benzene ring substituents is 1. The largest absolute Gasteiger partial charge is 0.491 e. The SMILES string of the molecule is Cc1ccccc1OC[C@H](O)CN[C@H](c1nc(-c2ccc([N+](=O)[O-])cc2)no1)C(C)C. The van der Waals surface area contributed by atoms with Crippen molar-refractivity contribution in [3.63, 3.8) is 0 Å². The zero-order valence-electron chi connectivity index (χ0n) is 17.7. The Balaban J connectivity index is 1.60. The van der Waals surface area contributed by atoms with Crippen molar-refractivity contribution >= 4 is 5.69 Å². The van der Waals surface area contributed by atoms with Crippen molar-refractivity contribution in [2.24, 2.45) is 5.92 Å². The van der Waals surface area contributed by atoms with Crippen LogP contribution < -0.4 is 10.1 Å². The first kappa shape index (κ1) is 22.4. The van der Waals surface area contributed by atoms with Crippen LogP contribution >= 0.6 is 0 Å². The van der Waals surface area contributed by atoms with Crippen molar-refractivity contribution in [3.05, 3.63) is 70.1 Å². The fourth-order valence-electron chi connectivity index (χ4n) is 3.05. The van der Waals surface area contributed by atoms with Gasteiger partial charge in [-0.05, 0) is 36.6 Å². The standard InChI is InChI=1S/C22H26N4O5/c1-14(2)20(23-12-18(27)13-30-19-7-5-4-6-15(19)3)22-24-21(25-31-22)16-8-10-17(11-9-16)26(28)29/h4-11,14,18,20,23,27H,12-13H2,1-3H3/t18-,20+/m1/s1. The topological polar surface area (TPSA) is 124 Å². The maximum atomic E-state index is 10.8. The van der Waals surface area contributed by atoms with Crippen molar-refractivity contribution in [2.45, 2.75) is 32.9 Å². The summed E-state index contributed by atoms with van der Waals surface area (Å²) in [6.45, 7) is 6.39. The molecule has 0 radical (unpaired) electrons. The Morgan fingerprint density at radius 2 is 1.90 bits per heavy atom. The van der Waals surface area contributed by atoms with E-state index in [1.807, 2.05) is 45.0 Å². The molecule has 9 nitrogen and oxygen atoms in total. The Bertz CT molecular complexity index is 1000. The average Bonchev–Trinajstić information content (AvgIpc) is 3.23. The summed E-state index contributed by atoms with van der Waals surface area (Å²) in [5, 5.41) is 28.4. The molecule has 2 N–H and O–H groups in total. The van der Waals surface area contributed by atoms with Gasteiger partial charge in [-0.2, -0.15) is 4.98 Å². The van der Waals surface area contributed by atoms with Crippen LogP contribution in [0.1, 0.15) is 31.3 Å². The van der Waals surface area contributed by atoms with E-state index in [2.05, 4.69) is 15.5 Å². The van der Waals surface area contributed by atoms with Crippen molar-refractivity contribution in [1.29, 1.82) is 0 Å². The summed E-state index contributed by atoms with van der Waals surface area (Å²) in [4.78, 5) is 14.8. The number of aliphatic hydroxyl groups is 1. The maximum Gasteiger partial charge on any atom is 0.269 e. The minimum Gasteiger partial charge on any atom is -0.491 e. The number of nitro groups is 1. The minimum atomic E-state index is -0.724. The lowest BCUT2D eigenvalue weighted by molar-refractivity contribution is -0.384. The number of hydrogen-bond donors (Lipinski definition) is 2. The lowest BCUT2D eigenvalue weighted by Gasteiger charge is -2.21. The Hall–Kier alpha value is -3.30. The molecule has 0 aliphatic heterocycles. The van der Waals surface area contributed by atoms with Gasteiger partial charge < -0.3 is 19.7 Å². The number of aromatic nitrogens is 2. The second-order valence-corrected chi connectivity index (χ2v) is 7.62. The molecule has 2 aromatic carbocycles. The number of nitrogens with zero attached hydrogens (tertiary/aromatic N) is 3. The fourth-order valence-corrected chi connectivity index (χ4v) is 3.05. The third-order valence-corrected chi connectivity index (χ3v) is 4.81. The number of benzene rings is 2. The molecular formula is C22H26N4O5. The van der Waals surface area contributed by atoms with Gasteiger partial charge in [-0.25, -0.2) is 0 Å². The number of aliphatic hydroxyl groups excluding tert-OH is 1. The van der Waals surface area contributed by atoms with E-state index >= 15 is 0 Å². The van der Waals surface area contributed by atoms with Gasteiger partial charge in [0, 0.05) is 24.2 Å². The van der Waals surface area contributed by atoms with Crippen molar-refractivity contribution in [3.8, 4) is 17.1 Å². The van der Waals surface area contributed by atoms with Crippen LogP contribution in [0.4, 0.5) is 5.69 Å². The zero-order valence-corrected chi connectivity index (χ0v) is 17.7. The van der Waals surface area contributed by atoms with Crippen LogP contribution in [0, 0.1) is 23.0 Å². The highest BCUT2D eigenvalue weighted by Crippen LogP contribution is 2.25. The van der Waals surface area contributed by atoms with Gasteiger partial charge in [-0.1, -0.05) is 37.2 Å². The van der Waals surface area contributed by atoms with E-state index in [0.717, 1.165) is 11.3 Å². The number of rotatable bonds is 10. The van der Waals surface area contributed by atoms with E-state index in [1.54, 1.807) is 12.1 Å². The van der Waals surface area contributed by atoms with E-state index in [1.165, 1.54) is 12.1 Å². The maximum absolute atomic E-state index is 10.8. The van der Waals surface area contributed by atoms with E-state index in [9.17, 15) is 15.2 Å². The summed E-state index contributed by atoms with van der Waals surface area (Å²) in [7, 11) is 0. The molecule has 1 heterocycles. The first-order valence-electron chi connectivity index (χ1n) is 10.0. The highest BCUT2D eigenvalue weighted by atomic mass is 16.6. The minimum absolute atomic E-state index is 0.00362. The molecule has 0 aliphatic carbocycles. The van der Waals surface area contributed by atoms with Crippen LogP contribution in [0.25, 0.3) is 11.4 Å². The molecular weight excluding hydrogens is 400 g/mol. The van der Waals surface area contributed by atoms with Gasteiger partial charge >= 0.3 is 0 Å². The van der Waals surface area contributed by atoms with Crippen LogP contribution in [0.5, 0.6) is 5.75 Å². The van der Waals surface area contributed by atoms with Crippen LogP contribution in [0.15, 0.2) is 53.1 Å². The lowest BCUT2D eigenvalue weighted by atomic mass is 10.0. The van der Waals surface area contributed by atoms with Gasteiger partial charge in [0.25, 0.3) is 5.69 Å². The quantitative estimate of drug-likeness (QED) is 0.372. The summed E-state index contributed by atoms with van der Waals surface area (Å²) in [5.41, 5.74) is 1.62. The molecule has 31 heavy (non-hydrogen) atoms. The van der Waals surface area contributed by atoms with E-state index < -0.39 is 11.0 Å². The second-order valence-electron chi connectivity index (χ2n) is 7.62. The molecule has 164 valence electrons. The Kier molecular flexibility index (Phi) is 7.32. The molecule has 0 unspecified atom stereocenters. The number of para-hydroxylation sites is 1.